The largest absolute Gasteiger partial charge is 0.341 e. The lowest BCUT2D eigenvalue weighted by molar-refractivity contribution is -0.135. The number of nitrogens with one attached hydrogen (secondary N) is 10. The average Bonchev–Trinajstić information content (AvgIpc) is 0.778. The number of hydrogen-bond donors (Lipinski definition) is 12. The van der Waals surface area contributed by atoms with E-state index in [1.165, 1.54) is 0 Å². The van der Waals surface area contributed by atoms with Gasteiger partial charge in [-0.3, -0.25) is 38.4 Å². The van der Waals surface area contributed by atoms with Crippen LogP contribution in [0.4, 0.5) is 22.7 Å². The van der Waals surface area contributed by atoms with Crippen molar-refractivity contribution >= 4 is 153 Å². The molecule has 0 aliphatic carbocycles. The van der Waals surface area contributed by atoms with E-state index in [1.807, 2.05) is 130 Å². The van der Waals surface area contributed by atoms with Gasteiger partial charge in [-0.1, -0.05) is 198 Å². The van der Waals surface area contributed by atoms with Gasteiger partial charge in [0.2, 0.25) is 63.7 Å². The number of piperidine rings is 4. The third kappa shape index (κ3) is 26.1. The number of nitrogens with two attached hydrogens (primary N) is 2. The van der Waals surface area contributed by atoms with Crippen LogP contribution in [0.15, 0.2) is 262 Å². The van der Waals surface area contributed by atoms with Crippen molar-refractivity contribution in [1.82, 2.24) is 49.1 Å². The summed E-state index contributed by atoms with van der Waals surface area (Å²) in [4.78, 5) is 109. The molecule has 4 fully saturated rings. The Morgan fingerprint density at radius 3 is 0.658 bits per heavy atom. The summed E-state index contributed by atoms with van der Waals surface area (Å²) in [6.45, 7) is 25.9. The first kappa shape index (κ1) is 110. The number of anilines is 4. The summed E-state index contributed by atoms with van der Waals surface area (Å²) in [5.41, 5.74) is 19.3. The minimum atomic E-state index is -3.87. The molecule has 0 bridgehead atoms. The van der Waals surface area contributed by atoms with Crippen molar-refractivity contribution < 1.29 is 72.0 Å². The second-order valence-corrected chi connectivity index (χ2v) is 45.1. The molecule has 36 heteroatoms. The van der Waals surface area contributed by atoms with Crippen LogP contribution in [0.25, 0.3) is 43.1 Å². The molecule has 0 radical (unpaired) electrons. The van der Waals surface area contributed by atoms with E-state index < -0.39 is 52.2 Å². The number of fused-ring (bicyclic) bond motifs is 4. The molecule has 8 amide bonds. The summed E-state index contributed by atoms with van der Waals surface area (Å²) in [6.07, 6.45) is 2.07. The van der Waals surface area contributed by atoms with E-state index in [1.54, 1.807) is 230 Å². The number of aryl methyl sites for hydroxylation is 4. The smallest absolute Gasteiger partial charge is 0.255 e. The highest BCUT2D eigenvalue weighted by Gasteiger charge is 2.40. The number of nitrogens with zero attached hydrogens (tertiary/aromatic N) is 4. The number of carbonyl (C=O) groups excluding carboxylic acids is 8. The average molecular weight is 2060 g/mol. The molecular formula is C110H132N16O16S4. The van der Waals surface area contributed by atoms with E-state index in [9.17, 15) is 72.0 Å². The number of amides is 8. The van der Waals surface area contributed by atoms with Crippen LogP contribution in [0.5, 0.6) is 0 Å². The quantitative estimate of drug-likeness (QED) is 0.0239. The number of likely N-dealkylation sites (N-methyl/N-ethyl adjacent to an activating group) is 2. The number of hydrogen-bond acceptors (Lipinski definition) is 20. The predicted octanol–water partition coefficient (Wildman–Crippen LogP) is 13.6. The number of sulfonamides is 4. The SMILES string of the molecule is CN[C@@H](C)C(=O)N1CC[C@@H](NS(=O)(=O)c2cccc3c(NC(=O)c4ccccc4C)cccc23)[C@@H](C)C1.CN[C@@H](C)C(=O)N1CC[C@H](NS(=O)(=O)c2cccc3c(NC(=O)c4ccccc4C)cccc23)[C@H](C)C1.Cc1ccccc1C(=O)Nc1cccc2c(S(=O)(=O)N[C@H]3CCN(C(=O)[C@H](C)N)C[C@@H]3C)cccc12.Cc1ccccc1C(=O)Nc1cccc2c(S(=O)(=O)N[C@H]3CCN(C(=O)[C@H](C)N)C[C@H]3C)cccc12. The van der Waals surface area contributed by atoms with Gasteiger partial charge in [0, 0.05) is 165 Å². The van der Waals surface area contributed by atoms with Crippen molar-refractivity contribution in [1.29, 1.82) is 0 Å². The first-order valence-electron chi connectivity index (χ1n) is 49.1. The molecule has 14 N–H and O–H groups in total. The second-order valence-electron chi connectivity index (χ2n) is 38.4. The summed E-state index contributed by atoms with van der Waals surface area (Å²) < 4.78 is 120. The fourth-order valence-electron chi connectivity index (χ4n) is 19.1. The van der Waals surface area contributed by atoms with E-state index in [4.69, 9.17) is 11.5 Å². The van der Waals surface area contributed by atoms with Gasteiger partial charge in [0.25, 0.3) is 23.6 Å². The highest BCUT2D eigenvalue weighted by atomic mass is 32.2. The van der Waals surface area contributed by atoms with Gasteiger partial charge in [0.1, 0.15) is 0 Å². The lowest BCUT2D eigenvalue weighted by Gasteiger charge is -2.38. The van der Waals surface area contributed by atoms with Gasteiger partial charge in [-0.05, 0) is 214 Å². The standard InChI is InChI=1S/2C28H34N4O4S.2C27H32N4O4S/c2*1-18-9-5-6-10-21(18)27(33)30-25-13-7-12-23-22(25)11-8-14-26(23)37(35,36)31-24-15-16-32(17-19(24)2)28(34)20(3)29-4;2*1-17-8-4-5-9-20(17)26(32)29-24-12-6-11-22-21(24)10-7-13-25(22)36(34,35)30-23-14-15-31(16-18(23)2)27(33)19(3)28/h2*5-14,19-20,24,29,31H,15-17H2,1-4H3,(H,30,33);2*4-13,18-19,23,30H,14-16,28H2,1-3H3,(H,29,32)/t19-,20+,24+;19-,20-,24+;18-,19+,23+;18-,19-,23-/m1010/s1. The monoisotopic (exact) mass is 2060 g/mol. The van der Waals surface area contributed by atoms with Crippen LogP contribution in [0.3, 0.4) is 0 Å². The summed E-state index contributed by atoms with van der Waals surface area (Å²) in [5, 5.41) is 22.3. The molecule has 12 aromatic carbocycles. The van der Waals surface area contributed by atoms with Crippen LogP contribution in [0, 0.1) is 51.4 Å². The van der Waals surface area contributed by atoms with Crippen molar-refractivity contribution in [2.45, 2.75) is 177 Å². The van der Waals surface area contributed by atoms with E-state index in [-0.39, 0.29) is 127 Å². The molecule has 772 valence electrons. The maximum Gasteiger partial charge on any atom is 0.255 e. The van der Waals surface area contributed by atoms with Gasteiger partial charge in [0.05, 0.1) is 43.7 Å². The first-order valence-corrected chi connectivity index (χ1v) is 55.0. The molecule has 32 nitrogen and oxygen atoms in total. The molecule has 0 saturated carbocycles. The van der Waals surface area contributed by atoms with E-state index >= 15 is 0 Å². The minimum Gasteiger partial charge on any atom is -0.341 e. The van der Waals surface area contributed by atoms with Gasteiger partial charge in [-0.15, -0.1) is 0 Å². The minimum absolute atomic E-state index is 0.0185. The number of benzene rings is 12. The molecule has 4 saturated heterocycles. The molecule has 4 aliphatic rings. The molecule has 12 aromatic rings. The molecule has 16 rings (SSSR count). The normalized spacial score (nSPS) is 19.1. The zero-order chi connectivity index (χ0) is 106. The fraction of sp³-hybridized carbons (Fsp3) is 0.345. The Labute approximate surface area is 855 Å². The molecule has 0 unspecified atom stereocenters. The molecule has 4 heterocycles. The second kappa shape index (κ2) is 48.1. The Morgan fingerprint density at radius 1 is 0.274 bits per heavy atom. The summed E-state index contributed by atoms with van der Waals surface area (Å²) in [5.74, 6) is -1.47. The van der Waals surface area contributed by atoms with Gasteiger partial charge >= 0.3 is 0 Å². The Kier molecular flexibility index (Phi) is 36.3. The van der Waals surface area contributed by atoms with Crippen molar-refractivity contribution in [3.8, 4) is 0 Å². The maximum atomic E-state index is 13.5. The van der Waals surface area contributed by atoms with Crippen molar-refractivity contribution in [2.24, 2.45) is 35.1 Å². The van der Waals surface area contributed by atoms with Gasteiger partial charge < -0.3 is 63.0 Å². The van der Waals surface area contributed by atoms with Crippen molar-refractivity contribution in [3.05, 3.63) is 287 Å². The lowest BCUT2D eigenvalue weighted by atomic mass is 9.94. The molecule has 12 atom stereocenters. The van der Waals surface area contributed by atoms with Crippen molar-refractivity contribution in [3.63, 3.8) is 0 Å². The predicted molar refractivity (Wildman–Crippen MR) is 575 cm³/mol. The van der Waals surface area contributed by atoms with Crippen LogP contribution in [0.1, 0.15) is 145 Å². The maximum absolute atomic E-state index is 13.5. The number of carbonyl (C=O) groups is 8. The van der Waals surface area contributed by atoms with Gasteiger partial charge in [-0.2, -0.15) is 0 Å². The molecule has 4 aliphatic heterocycles. The third-order valence-electron chi connectivity index (χ3n) is 27.7. The molecule has 0 spiro atoms. The van der Waals surface area contributed by atoms with Gasteiger partial charge in [0.15, 0.2) is 0 Å². The highest BCUT2D eigenvalue weighted by Crippen LogP contribution is 2.38. The summed E-state index contributed by atoms with van der Waals surface area (Å²) in [6, 6.07) is 67.5. The van der Waals surface area contributed by atoms with Crippen LogP contribution in [0.2, 0.25) is 0 Å². The van der Waals surface area contributed by atoms with E-state index in [2.05, 4.69) is 50.8 Å². The third-order valence-corrected chi connectivity index (χ3v) is 33.9. The van der Waals surface area contributed by atoms with E-state index in [0.29, 0.717) is 166 Å². The molecule has 0 aromatic heterocycles. The fourth-order valence-corrected chi connectivity index (χ4v) is 25.5. The first-order chi connectivity index (χ1) is 69.4. The van der Waals surface area contributed by atoms with Crippen LogP contribution >= 0.6 is 0 Å². The lowest BCUT2D eigenvalue weighted by Crippen LogP contribution is -2.54. The van der Waals surface area contributed by atoms with Gasteiger partial charge in [-0.25, -0.2) is 52.6 Å². The number of likely N-dealkylation sites (tertiary alicyclic amines) is 4. The number of rotatable bonds is 26. The highest BCUT2D eigenvalue weighted by molar-refractivity contribution is 7.90. The summed E-state index contributed by atoms with van der Waals surface area (Å²) >= 11 is 0. The van der Waals surface area contributed by atoms with Crippen molar-refractivity contribution in [2.75, 3.05) is 87.7 Å². The Bertz CT molecular complexity index is 6950. The zero-order valence-electron chi connectivity index (χ0n) is 84.6. The Balaban J connectivity index is 0.000000163. The van der Waals surface area contributed by atoms with Crippen LogP contribution in [-0.4, -0.2) is 215 Å². The van der Waals surface area contributed by atoms with E-state index in [0.717, 1.165) is 22.3 Å². The Hall–Kier alpha value is -13.1. The van der Waals surface area contributed by atoms with Crippen LogP contribution in [-0.2, 0) is 59.3 Å². The topological polar surface area (TPSA) is 458 Å². The Morgan fingerprint density at radius 2 is 0.466 bits per heavy atom. The molecular weight excluding hydrogens is 1930 g/mol. The molecule has 146 heavy (non-hydrogen) atoms. The summed E-state index contributed by atoms with van der Waals surface area (Å²) in [7, 11) is -12.0. The zero-order valence-corrected chi connectivity index (χ0v) is 87.9. The van der Waals surface area contributed by atoms with Crippen LogP contribution < -0.4 is 62.3 Å².